The lowest BCUT2D eigenvalue weighted by molar-refractivity contribution is -0.123. The molecule has 3 aromatic carbocycles. The highest BCUT2D eigenvalue weighted by Gasteiger charge is 2.35. The van der Waals surface area contributed by atoms with E-state index >= 15 is 0 Å². The molecule has 1 aliphatic rings. The number of halogens is 3. The molecule has 3 aromatic rings. The number of thioether (sulfide) groups is 1. The second-order valence-electron chi connectivity index (χ2n) is 10.0. The molecule has 0 aromatic heterocycles. The highest BCUT2D eigenvalue weighted by atomic mass is 79.9. The zero-order valence-corrected chi connectivity index (χ0v) is 25.6. The molecule has 4 rings (SSSR count). The molecular formula is C30H28BrClFNO5S. The molecule has 1 fully saturated rings. The molecule has 0 spiro atoms. The van der Waals surface area contributed by atoms with Gasteiger partial charge < -0.3 is 14.2 Å². The number of hydrogen-bond donors (Lipinski definition) is 0. The van der Waals surface area contributed by atoms with Crippen LogP contribution in [0.5, 0.6) is 17.2 Å². The van der Waals surface area contributed by atoms with Crippen LogP contribution in [0.15, 0.2) is 64.0 Å². The van der Waals surface area contributed by atoms with Crippen molar-refractivity contribution in [3.63, 3.8) is 0 Å². The lowest BCUT2D eigenvalue weighted by atomic mass is 9.87. The zero-order valence-electron chi connectivity index (χ0n) is 22.4. The van der Waals surface area contributed by atoms with Crippen LogP contribution in [0.25, 0.3) is 6.08 Å². The number of carbonyl (C=O) groups is 2. The van der Waals surface area contributed by atoms with Crippen LogP contribution >= 0.6 is 39.3 Å². The van der Waals surface area contributed by atoms with Crippen molar-refractivity contribution in [2.75, 3.05) is 20.3 Å². The molecule has 0 aliphatic carbocycles. The minimum absolute atomic E-state index is 0.0519. The average molecular weight is 649 g/mol. The molecule has 2 amide bonds. The van der Waals surface area contributed by atoms with E-state index in [0.717, 1.165) is 28.5 Å². The minimum atomic E-state index is -0.492. The second kappa shape index (κ2) is 12.7. The van der Waals surface area contributed by atoms with Gasteiger partial charge in [-0.1, -0.05) is 50.6 Å². The number of ether oxygens (including phenoxy) is 3. The summed E-state index contributed by atoms with van der Waals surface area (Å²) in [4.78, 5) is 26.9. The first kappa shape index (κ1) is 30.0. The van der Waals surface area contributed by atoms with E-state index in [2.05, 4.69) is 48.8 Å². The number of carbonyl (C=O) groups excluding carboxylic acids is 2. The van der Waals surface area contributed by atoms with E-state index in [1.807, 2.05) is 12.1 Å². The summed E-state index contributed by atoms with van der Waals surface area (Å²) in [6.07, 6.45) is 1.61. The molecule has 210 valence electrons. The van der Waals surface area contributed by atoms with Gasteiger partial charge in [-0.05, 0) is 92.3 Å². The molecule has 1 saturated heterocycles. The zero-order chi connectivity index (χ0) is 29.0. The SMILES string of the molecule is COc1cc(/C=C2\SC(=O)N(Cc3ccc(F)cc3Cl)C2=O)cc(Br)c1OCCOc1ccc(C(C)(C)C)cc1. The maximum atomic E-state index is 13.4. The predicted molar refractivity (Wildman–Crippen MR) is 160 cm³/mol. The normalized spacial score (nSPS) is 14.7. The van der Waals surface area contributed by atoms with Gasteiger partial charge in [0.2, 0.25) is 0 Å². The van der Waals surface area contributed by atoms with Crippen molar-refractivity contribution >= 4 is 56.5 Å². The Balaban J connectivity index is 1.41. The Labute approximate surface area is 250 Å². The van der Waals surface area contributed by atoms with Crippen LogP contribution in [0.2, 0.25) is 5.02 Å². The van der Waals surface area contributed by atoms with Gasteiger partial charge in [0.1, 0.15) is 24.8 Å². The number of imide groups is 1. The Kier molecular flexibility index (Phi) is 9.48. The summed E-state index contributed by atoms with van der Waals surface area (Å²) < 4.78 is 31.3. The molecule has 40 heavy (non-hydrogen) atoms. The first-order valence-electron chi connectivity index (χ1n) is 12.4. The number of amides is 2. The number of benzene rings is 3. The van der Waals surface area contributed by atoms with Crippen LogP contribution in [0.4, 0.5) is 9.18 Å². The lowest BCUT2D eigenvalue weighted by Crippen LogP contribution is -2.27. The van der Waals surface area contributed by atoms with Crippen molar-refractivity contribution in [1.29, 1.82) is 0 Å². The van der Waals surface area contributed by atoms with Gasteiger partial charge in [0.15, 0.2) is 11.5 Å². The smallest absolute Gasteiger partial charge is 0.293 e. The van der Waals surface area contributed by atoms with Crippen LogP contribution in [0.1, 0.15) is 37.5 Å². The second-order valence-corrected chi connectivity index (χ2v) is 12.3. The molecule has 1 heterocycles. The maximum absolute atomic E-state index is 13.4. The Morgan fingerprint density at radius 3 is 2.38 bits per heavy atom. The van der Waals surface area contributed by atoms with E-state index in [1.165, 1.54) is 24.8 Å². The van der Waals surface area contributed by atoms with Gasteiger partial charge in [-0.25, -0.2) is 4.39 Å². The monoisotopic (exact) mass is 647 g/mol. The van der Waals surface area contributed by atoms with Gasteiger partial charge in [-0.2, -0.15) is 0 Å². The Hall–Kier alpha value is -3.01. The third-order valence-corrected chi connectivity index (χ3v) is 7.93. The molecule has 0 N–H and O–H groups in total. The van der Waals surface area contributed by atoms with Crippen molar-refractivity contribution in [2.45, 2.75) is 32.7 Å². The summed E-state index contributed by atoms with van der Waals surface area (Å²) in [6.45, 7) is 7.04. The Morgan fingerprint density at radius 2 is 1.73 bits per heavy atom. The first-order chi connectivity index (χ1) is 19.0. The fourth-order valence-corrected chi connectivity index (χ4v) is 5.56. The van der Waals surface area contributed by atoms with Crippen LogP contribution in [-0.4, -0.2) is 36.4 Å². The minimum Gasteiger partial charge on any atom is -0.493 e. The van der Waals surface area contributed by atoms with E-state index < -0.39 is 17.0 Å². The van der Waals surface area contributed by atoms with E-state index in [9.17, 15) is 14.0 Å². The average Bonchev–Trinajstić information content (AvgIpc) is 3.15. The van der Waals surface area contributed by atoms with E-state index in [4.69, 9.17) is 25.8 Å². The maximum Gasteiger partial charge on any atom is 0.293 e. The molecule has 0 unspecified atom stereocenters. The van der Waals surface area contributed by atoms with Gasteiger partial charge in [0.05, 0.1) is 23.0 Å². The standard InChI is InChI=1S/C30H28BrClFNO5S/c1-30(2,3)20-6-9-22(10-7-20)38-11-12-39-27-23(31)13-18(14-25(27)37-4)15-26-28(35)34(29(36)40-26)17-19-5-8-21(33)16-24(19)32/h5-10,13-16H,11-12,17H2,1-4H3/b26-15-. The van der Waals surface area contributed by atoms with Crippen molar-refractivity contribution in [1.82, 2.24) is 4.90 Å². The summed E-state index contributed by atoms with van der Waals surface area (Å²) in [5.74, 6) is 0.748. The van der Waals surface area contributed by atoms with Crippen molar-refractivity contribution in [2.24, 2.45) is 0 Å². The molecule has 0 radical (unpaired) electrons. The Morgan fingerprint density at radius 1 is 1.02 bits per heavy atom. The third-order valence-electron chi connectivity index (χ3n) is 6.09. The number of hydrogen-bond acceptors (Lipinski definition) is 6. The van der Waals surface area contributed by atoms with Crippen molar-refractivity contribution in [3.8, 4) is 17.2 Å². The van der Waals surface area contributed by atoms with E-state index in [0.29, 0.717) is 33.7 Å². The third kappa shape index (κ3) is 7.19. The summed E-state index contributed by atoms with van der Waals surface area (Å²) in [6, 6.07) is 15.3. The largest absolute Gasteiger partial charge is 0.493 e. The van der Waals surface area contributed by atoms with Crippen LogP contribution < -0.4 is 14.2 Å². The van der Waals surface area contributed by atoms with E-state index in [1.54, 1.807) is 18.2 Å². The predicted octanol–water partition coefficient (Wildman–Crippen LogP) is 8.24. The molecule has 0 bridgehead atoms. The number of nitrogens with zero attached hydrogens (tertiary/aromatic N) is 1. The fraction of sp³-hybridized carbons (Fsp3) is 0.267. The molecular weight excluding hydrogens is 621 g/mol. The van der Waals surface area contributed by atoms with Crippen molar-refractivity contribution < 1.29 is 28.2 Å². The van der Waals surface area contributed by atoms with Crippen LogP contribution in [0, 0.1) is 5.82 Å². The van der Waals surface area contributed by atoms with E-state index in [-0.39, 0.29) is 28.5 Å². The number of rotatable bonds is 9. The Bertz CT molecular complexity index is 1460. The van der Waals surface area contributed by atoms with Crippen molar-refractivity contribution in [3.05, 3.63) is 91.5 Å². The highest BCUT2D eigenvalue weighted by Crippen LogP contribution is 2.39. The quantitative estimate of drug-likeness (QED) is 0.172. The molecule has 0 saturated carbocycles. The molecule has 10 heteroatoms. The highest BCUT2D eigenvalue weighted by molar-refractivity contribution is 9.10. The van der Waals surface area contributed by atoms with Gasteiger partial charge in [-0.3, -0.25) is 14.5 Å². The summed E-state index contributed by atoms with van der Waals surface area (Å²) in [5.41, 5.74) is 2.41. The topological polar surface area (TPSA) is 65.1 Å². The number of methoxy groups -OCH3 is 1. The van der Waals surface area contributed by atoms with Gasteiger partial charge in [-0.15, -0.1) is 0 Å². The van der Waals surface area contributed by atoms with Gasteiger partial charge in [0.25, 0.3) is 11.1 Å². The summed E-state index contributed by atoms with van der Waals surface area (Å²) >= 11 is 10.4. The van der Waals surface area contributed by atoms with Gasteiger partial charge in [0, 0.05) is 5.02 Å². The summed E-state index contributed by atoms with van der Waals surface area (Å²) in [5, 5.41) is -0.285. The molecule has 0 atom stereocenters. The molecule has 1 aliphatic heterocycles. The van der Waals surface area contributed by atoms with Crippen LogP contribution in [0.3, 0.4) is 0 Å². The lowest BCUT2D eigenvalue weighted by Gasteiger charge is -2.19. The van der Waals surface area contributed by atoms with Gasteiger partial charge >= 0.3 is 0 Å². The van der Waals surface area contributed by atoms with Crippen LogP contribution in [-0.2, 0) is 16.8 Å². The fourth-order valence-electron chi connectivity index (χ4n) is 3.93. The summed E-state index contributed by atoms with van der Waals surface area (Å²) in [7, 11) is 1.52. The molecule has 6 nitrogen and oxygen atoms in total. The first-order valence-corrected chi connectivity index (χ1v) is 14.4.